The molecule has 20 heavy (non-hydrogen) atoms. The van der Waals surface area contributed by atoms with Crippen LogP contribution in [-0.4, -0.2) is 28.9 Å². The lowest BCUT2D eigenvalue weighted by Gasteiger charge is -2.25. The molecule has 0 atom stereocenters. The summed E-state index contributed by atoms with van der Waals surface area (Å²) in [5, 5.41) is 0.925. The highest BCUT2D eigenvalue weighted by atomic mass is 32.1. The van der Waals surface area contributed by atoms with Gasteiger partial charge in [-0.05, 0) is 32.3 Å². The van der Waals surface area contributed by atoms with Gasteiger partial charge in [-0.3, -0.25) is 4.79 Å². The Morgan fingerprint density at radius 3 is 2.80 bits per heavy atom. The molecule has 0 unspecified atom stereocenters. The second-order valence-corrected chi connectivity index (χ2v) is 6.28. The molecule has 0 radical (unpaired) electrons. The normalized spacial score (nSPS) is 15.3. The number of carbonyl (C=O) groups is 1. The largest absolute Gasteiger partial charge is 0.338 e. The van der Waals surface area contributed by atoms with Gasteiger partial charge in [0.25, 0.3) is 5.91 Å². The number of benzene rings is 1. The van der Waals surface area contributed by atoms with Crippen molar-refractivity contribution in [2.75, 3.05) is 13.1 Å². The van der Waals surface area contributed by atoms with Gasteiger partial charge >= 0.3 is 0 Å². The van der Waals surface area contributed by atoms with Crippen molar-refractivity contribution in [1.29, 1.82) is 0 Å². The fourth-order valence-electron chi connectivity index (χ4n) is 2.54. The monoisotopic (exact) mass is 286 g/mol. The summed E-state index contributed by atoms with van der Waals surface area (Å²) in [6.45, 7) is 3.84. The first-order chi connectivity index (χ1) is 9.74. The molecule has 1 fully saturated rings. The summed E-state index contributed by atoms with van der Waals surface area (Å²) in [4.78, 5) is 19.5. The van der Waals surface area contributed by atoms with Crippen molar-refractivity contribution >= 4 is 17.2 Å². The summed E-state index contributed by atoms with van der Waals surface area (Å²) in [6.07, 6.45) is 5.20. The number of nitrogens with zero attached hydrogens (tertiary/aromatic N) is 2. The van der Waals surface area contributed by atoms with Crippen LogP contribution < -0.4 is 0 Å². The van der Waals surface area contributed by atoms with Crippen LogP contribution in [0.25, 0.3) is 10.6 Å². The Kier molecular flexibility index (Phi) is 3.83. The third-order valence-electron chi connectivity index (χ3n) is 3.62. The van der Waals surface area contributed by atoms with Crippen molar-refractivity contribution in [2.24, 2.45) is 0 Å². The van der Waals surface area contributed by atoms with Gasteiger partial charge in [-0.25, -0.2) is 4.98 Å². The van der Waals surface area contributed by atoms with E-state index in [0.717, 1.165) is 41.4 Å². The quantitative estimate of drug-likeness (QED) is 0.842. The van der Waals surface area contributed by atoms with Crippen LogP contribution in [0.5, 0.6) is 0 Å². The van der Waals surface area contributed by atoms with Gasteiger partial charge < -0.3 is 4.90 Å². The second kappa shape index (κ2) is 5.75. The minimum absolute atomic E-state index is 0.140. The van der Waals surface area contributed by atoms with Crippen molar-refractivity contribution in [3.8, 4) is 10.6 Å². The summed E-state index contributed by atoms with van der Waals surface area (Å²) in [5.41, 5.74) is 2.30. The van der Waals surface area contributed by atoms with Crippen molar-refractivity contribution in [3.63, 3.8) is 0 Å². The van der Waals surface area contributed by atoms with E-state index in [1.807, 2.05) is 17.0 Å². The predicted octanol–water partition coefficient (Wildman–Crippen LogP) is 3.74. The van der Waals surface area contributed by atoms with Gasteiger partial charge in [0, 0.05) is 18.7 Å². The standard InChI is InChI=1S/C16H18N2OS/c1-12-6-5-7-13(10-12)15-17-11-14(20-15)16(19)18-8-3-2-4-9-18/h5-7,10-11H,2-4,8-9H2,1H3. The highest BCUT2D eigenvalue weighted by molar-refractivity contribution is 7.16. The molecule has 3 nitrogen and oxygen atoms in total. The molecule has 1 aliphatic heterocycles. The van der Waals surface area contributed by atoms with Crippen molar-refractivity contribution in [1.82, 2.24) is 9.88 Å². The summed E-state index contributed by atoms with van der Waals surface area (Å²) in [5.74, 6) is 0.140. The van der Waals surface area contributed by atoms with Crippen LogP contribution in [-0.2, 0) is 0 Å². The van der Waals surface area contributed by atoms with Crippen molar-refractivity contribution in [2.45, 2.75) is 26.2 Å². The molecule has 0 saturated carbocycles. The first kappa shape index (κ1) is 13.3. The van der Waals surface area contributed by atoms with Crippen molar-refractivity contribution < 1.29 is 4.79 Å². The van der Waals surface area contributed by atoms with E-state index in [9.17, 15) is 4.79 Å². The molecule has 4 heteroatoms. The molecular weight excluding hydrogens is 268 g/mol. The molecule has 0 aliphatic carbocycles. The zero-order valence-corrected chi connectivity index (χ0v) is 12.4. The summed E-state index contributed by atoms with van der Waals surface area (Å²) >= 11 is 1.49. The first-order valence-electron chi connectivity index (χ1n) is 7.06. The van der Waals surface area contributed by atoms with Crippen LogP contribution in [0.15, 0.2) is 30.5 Å². The minimum atomic E-state index is 0.140. The van der Waals surface area contributed by atoms with E-state index < -0.39 is 0 Å². The molecule has 1 aromatic carbocycles. The van der Waals surface area contributed by atoms with Gasteiger partial charge in [-0.1, -0.05) is 23.8 Å². The van der Waals surface area contributed by atoms with E-state index in [4.69, 9.17) is 0 Å². The zero-order chi connectivity index (χ0) is 13.9. The minimum Gasteiger partial charge on any atom is -0.338 e. The lowest BCUT2D eigenvalue weighted by atomic mass is 10.1. The lowest BCUT2D eigenvalue weighted by Crippen LogP contribution is -2.35. The Morgan fingerprint density at radius 2 is 2.05 bits per heavy atom. The maximum absolute atomic E-state index is 12.4. The molecule has 1 aromatic heterocycles. The Morgan fingerprint density at radius 1 is 1.25 bits per heavy atom. The molecule has 3 rings (SSSR count). The fraction of sp³-hybridized carbons (Fsp3) is 0.375. The van der Waals surface area contributed by atoms with E-state index >= 15 is 0 Å². The second-order valence-electron chi connectivity index (χ2n) is 5.25. The molecule has 1 saturated heterocycles. The SMILES string of the molecule is Cc1cccc(-c2ncc(C(=O)N3CCCCC3)s2)c1. The molecule has 2 aromatic rings. The Balaban J connectivity index is 1.81. The number of aromatic nitrogens is 1. The molecule has 0 N–H and O–H groups in total. The van der Waals surface area contributed by atoms with Crippen LogP contribution >= 0.6 is 11.3 Å². The van der Waals surface area contributed by atoms with Crippen LogP contribution in [0.4, 0.5) is 0 Å². The van der Waals surface area contributed by atoms with Gasteiger partial charge in [-0.15, -0.1) is 11.3 Å². The van der Waals surface area contributed by atoms with Crippen LogP contribution in [0.1, 0.15) is 34.5 Å². The maximum atomic E-state index is 12.4. The van der Waals surface area contributed by atoms with E-state index in [-0.39, 0.29) is 5.91 Å². The van der Waals surface area contributed by atoms with Crippen molar-refractivity contribution in [3.05, 3.63) is 40.9 Å². The third-order valence-corrected chi connectivity index (χ3v) is 4.66. The number of carbonyl (C=O) groups excluding carboxylic acids is 1. The highest BCUT2D eigenvalue weighted by Gasteiger charge is 2.20. The fourth-order valence-corrected chi connectivity index (χ4v) is 3.42. The Hall–Kier alpha value is -1.68. The smallest absolute Gasteiger partial charge is 0.265 e. The zero-order valence-electron chi connectivity index (χ0n) is 11.6. The molecule has 2 heterocycles. The number of hydrogen-bond acceptors (Lipinski definition) is 3. The predicted molar refractivity (Wildman–Crippen MR) is 82.0 cm³/mol. The average Bonchev–Trinajstić information content (AvgIpc) is 2.97. The number of rotatable bonds is 2. The van der Waals surface area contributed by atoms with Crippen LogP contribution in [0, 0.1) is 6.92 Å². The van der Waals surface area contributed by atoms with E-state index in [2.05, 4.69) is 24.0 Å². The number of aryl methyl sites for hydroxylation is 1. The van der Waals surface area contributed by atoms with Gasteiger partial charge in [0.2, 0.25) is 0 Å². The Labute approximate surface area is 123 Å². The summed E-state index contributed by atoms with van der Waals surface area (Å²) in [6, 6.07) is 8.24. The molecule has 1 amide bonds. The van der Waals surface area contributed by atoms with Crippen LogP contribution in [0.2, 0.25) is 0 Å². The molecule has 0 spiro atoms. The Bertz CT molecular complexity index is 614. The lowest BCUT2D eigenvalue weighted by molar-refractivity contribution is 0.0729. The number of likely N-dealkylation sites (tertiary alicyclic amines) is 1. The number of hydrogen-bond donors (Lipinski definition) is 0. The van der Waals surface area contributed by atoms with Crippen LogP contribution in [0.3, 0.4) is 0 Å². The number of amides is 1. The van der Waals surface area contributed by atoms with Gasteiger partial charge in [0.05, 0.1) is 6.20 Å². The third kappa shape index (κ3) is 2.75. The summed E-state index contributed by atoms with van der Waals surface area (Å²) in [7, 11) is 0. The van der Waals surface area contributed by atoms with Gasteiger partial charge in [0.1, 0.15) is 9.88 Å². The maximum Gasteiger partial charge on any atom is 0.265 e. The van der Waals surface area contributed by atoms with E-state index in [1.165, 1.54) is 23.3 Å². The first-order valence-corrected chi connectivity index (χ1v) is 7.88. The van der Waals surface area contributed by atoms with Gasteiger partial charge in [-0.2, -0.15) is 0 Å². The highest BCUT2D eigenvalue weighted by Crippen LogP contribution is 2.27. The van der Waals surface area contributed by atoms with E-state index in [1.54, 1.807) is 6.20 Å². The molecular formula is C16H18N2OS. The number of thiazole rings is 1. The summed E-state index contributed by atoms with van der Waals surface area (Å²) < 4.78 is 0. The molecule has 1 aliphatic rings. The topological polar surface area (TPSA) is 33.2 Å². The average molecular weight is 286 g/mol. The molecule has 104 valence electrons. The molecule has 0 bridgehead atoms. The number of piperidine rings is 1. The van der Waals surface area contributed by atoms with E-state index in [0.29, 0.717) is 0 Å². The van der Waals surface area contributed by atoms with Gasteiger partial charge in [0.15, 0.2) is 0 Å².